The molecule has 0 radical (unpaired) electrons. The number of anilines is 2. The Bertz CT molecular complexity index is 436. The Kier molecular flexibility index (Phi) is 3.00. The molecule has 0 aliphatic heterocycles. The summed E-state index contributed by atoms with van der Waals surface area (Å²) in [5.41, 5.74) is 9.74. The van der Waals surface area contributed by atoms with Gasteiger partial charge in [-0.05, 0) is 30.2 Å². The van der Waals surface area contributed by atoms with Gasteiger partial charge < -0.3 is 11.1 Å². The predicted octanol–water partition coefficient (Wildman–Crippen LogP) is 1.98. The fourth-order valence-corrected chi connectivity index (χ4v) is 1.46. The van der Waals surface area contributed by atoms with E-state index in [1.54, 1.807) is 18.6 Å². The van der Waals surface area contributed by atoms with Gasteiger partial charge in [-0.15, -0.1) is 0 Å². The molecule has 4 heteroatoms. The second-order valence-corrected chi connectivity index (χ2v) is 3.62. The van der Waals surface area contributed by atoms with E-state index in [2.05, 4.69) is 15.3 Å². The highest BCUT2D eigenvalue weighted by molar-refractivity contribution is 5.64. The summed E-state index contributed by atoms with van der Waals surface area (Å²) in [6.07, 6.45) is 7.01. The third kappa shape index (κ3) is 2.28. The van der Waals surface area contributed by atoms with Gasteiger partial charge in [0.1, 0.15) is 0 Å². The van der Waals surface area contributed by atoms with Crippen LogP contribution in [-0.2, 0) is 6.54 Å². The quantitative estimate of drug-likeness (QED) is 0.820. The summed E-state index contributed by atoms with van der Waals surface area (Å²) in [7, 11) is 0. The first-order valence-electron chi connectivity index (χ1n) is 5.10. The number of hydrogen-bond acceptors (Lipinski definition) is 4. The van der Waals surface area contributed by atoms with Crippen molar-refractivity contribution >= 4 is 11.4 Å². The van der Waals surface area contributed by atoms with Gasteiger partial charge in [0, 0.05) is 25.1 Å². The molecule has 0 bridgehead atoms. The molecule has 4 nitrogen and oxygen atoms in total. The molecule has 0 atom stereocenters. The zero-order valence-corrected chi connectivity index (χ0v) is 9.14. The average molecular weight is 214 g/mol. The van der Waals surface area contributed by atoms with Crippen LogP contribution in [0.2, 0.25) is 0 Å². The van der Waals surface area contributed by atoms with Gasteiger partial charge in [-0.3, -0.25) is 9.97 Å². The lowest BCUT2D eigenvalue weighted by atomic mass is 10.1. The predicted molar refractivity (Wildman–Crippen MR) is 65.0 cm³/mol. The van der Waals surface area contributed by atoms with Crippen LogP contribution in [0.5, 0.6) is 0 Å². The second kappa shape index (κ2) is 4.61. The Balaban J connectivity index is 2.09. The Hall–Kier alpha value is -2.10. The smallest absolute Gasteiger partial charge is 0.0736 e. The van der Waals surface area contributed by atoms with E-state index in [4.69, 9.17) is 5.73 Å². The number of nitrogens with one attached hydrogen (secondary N) is 1. The largest absolute Gasteiger partial charge is 0.396 e. The van der Waals surface area contributed by atoms with Crippen LogP contribution in [0, 0.1) is 6.92 Å². The molecule has 0 aromatic carbocycles. The molecule has 0 saturated heterocycles. The Morgan fingerprint density at radius 2 is 1.94 bits per heavy atom. The van der Waals surface area contributed by atoms with Gasteiger partial charge in [-0.2, -0.15) is 0 Å². The molecule has 2 rings (SSSR count). The van der Waals surface area contributed by atoms with E-state index in [0.717, 1.165) is 12.2 Å². The van der Waals surface area contributed by atoms with E-state index in [1.807, 2.05) is 25.3 Å². The molecule has 2 aromatic rings. The third-order valence-corrected chi connectivity index (χ3v) is 2.46. The molecule has 3 N–H and O–H groups in total. The molecular formula is C12H14N4. The minimum absolute atomic E-state index is 0.661. The number of aryl methyl sites for hydroxylation is 1. The molecular weight excluding hydrogens is 200 g/mol. The van der Waals surface area contributed by atoms with E-state index >= 15 is 0 Å². The summed E-state index contributed by atoms with van der Waals surface area (Å²) in [6, 6.07) is 3.87. The van der Waals surface area contributed by atoms with Crippen LogP contribution in [0.4, 0.5) is 11.4 Å². The van der Waals surface area contributed by atoms with Gasteiger partial charge in [-0.25, -0.2) is 0 Å². The van der Waals surface area contributed by atoms with Crippen molar-refractivity contribution in [3.63, 3.8) is 0 Å². The molecule has 2 heterocycles. The highest BCUT2D eigenvalue weighted by atomic mass is 14.9. The van der Waals surface area contributed by atoms with Crippen LogP contribution in [0.1, 0.15) is 11.1 Å². The maximum Gasteiger partial charge on any atom is 0.0736 e. The van der Waals surface area contributed by atoms with Crippen LogP contribution in [0.15, 0.2) is 36.9 Å². The molecule has 16 heavy (non-hydrogen) atoms. The fraction of sp³-hybridized carbons (Fsp3) is 0.167. The van der Waals surface area contributed by atoms with Crippen molar-refractivity contribution in [3.05, 3.63) is 48.0 Å². The van der Waals surface area contributed by atoms with E-state index < -0.39 is 0 Å². The summed E-state index contributed by atoms with van der Waals surface area (Å²) in [5, 5.41) is 3.28. The molecule has 0 aliphatic rings. The second-order valence-electron chi connectivity index (χ2n) is 3.62. The maximum absolute atomic E-state index is 5.79. The molecule has 0 saturated carbocycles. The number of nitrogens with two attached hydrogens (primary N) is 1. The number of hydrogen-bond donors (Lipinski definition) is 2. The molecule has 0 unspecified atom stereocenters. The van der Waals surface area contributed by atoms with Gasteiger partial charge in [0.15, 0.2) is 0 Å². The number of nitrogens with zero attached hydrogens (tertiary/aromatic N) is 2. The standard InChI is InChI=1S/C12H14N4/c1-9-6-14-4-2-10(9)7-16-12-3-5-15-8-11(12)13/h2-6,8H,7,13H2,1H3,(H,15,16). The topological polar surface area (TPSA) is 63.8 Å². The number of rotatable bonds is 3. The van der Waals surface area contributed by atoms with Gasteiger partial charge in [0.05, 0.1) is 17.6 Å². The monoisotopic (exact) mass is 214 g/mol. The maximum atomic E-state index is 5.79. The Morgan fingerprint density at radius 3 is 2.69 bits per heavy atom. The summed E-state index contributed by atoms with van der Waals surface area (Å²) in [6.45, 7) is 2.78. The molecule has 0 fully saturated rings. The van der Waals surface area contributed by atoms with Crippen LogP contribution in [-0.4, -0.2) is 9.97 Å². The van der Waals surface area contributed by atoms with Crippen molar-refractivity contribution in [1.29, 1.82) is 0 Å². The lowest BCUT2D eigenvalue weighted by Gasteiger charge is -2.09. The highest BCUT2D eigenvalue weighted by Crippen LogP contribution is 2.16. The first-order valence-corrected chi connectivity index (χ1v) is 5.10. The Labute approximate surface area is 94.5 Å². The van der Waals surface area contributed by atoms with Gasteiger partial charge in [0.25, 0.3) is 0 Å². The number of aromatic nitrogens is 2. The fourth-order valence-electron chi connectivity index (χ4n) is 1.46. The van der Waals surface area contributed by atoms with Gasteiger partial charge >= 0.3 is 0 Å². The van der Waals surface area contributed by atoms with Crippen molar-refractivity contribution in [1.82, 2.24) is 9.97 Å². The number of pyridine rings is 2. The molecule has 0 amide bonds. The lowest BCUT2D eigenvalue weighted by Crippen LogP contribution is -2.04. The van der Waals surface area contributed by atoms with Crippen LogP contribution in [0.25, 0.3) is 0 Å². The summed E-state index contributed by atoms with van der Waals surface area (Å²) in [4.78, 5) is 8.00. The zero-order chi connectivity index (χ0) is 11.4. The summed E-state index contributed by atoms with van der Waals surface area (Å²) < 4.78 is 0. The lowest BCUT2D eigenvalue weighted by molar-refractivity contribution is 1.09. The van der Waals surface area contributed by atoms with Crippen molar-refractivity contribution in [2.75, 3.05) is 11.1 Å². The first-order chi connectivity index (χ1) is 7.77. The normalized spacial score (nSPS) is 10.1. The van der Waals surface area contributed by atoms with E-state index in [9.17, 15) is 0 Å². The van der Waals surface area contributed by atoms with E-state index in [0.29, 0.717) is 5.69 Å². The van der Waals surface area contributed by atoms with Crippen LogP contribution >= 0.6 is 0 Å². The minimum atomic E-state index is 0.661. The van der Waals surface area contributed by atoms with E-state index in [-0.39, 0.29) is 0 Å². The first kappa shape index (κ1) is 10.4. The molecule has 0 aliphatic carbocycles. The molecule has 82 valence electrons. The number of nitrogen functional groups attached to an aromatic ring is 1. The molecule has 0 spiro atoms. The molecule has 2 aromatic heterocycles. The minimum Gasteiger partial charge on any atom is -0.396 e. The van der Waals surface area contributed by atoms with Crippen molar-refractivity contribution in [2.45, 2.75) is 13.5 Å². The van der Waals surface area contributed by atoms with Crippen molar-refractivity contribution < 1.29 is 0 Å². The van der Waals surface area contributed by atoms with Crippen LogP contribution < -0.4 is 11.1 Å². The van der Waals surface area contributed by atoms with E-state index in [1.165, 1.54) is 11.1 Å². The average Bonchev–Trinajstić information content (AvgIpc) is 2.30. The third-order valence-electron chi connectivity index (χ3n) is 2.46. The van der Waals surface area contributed by atoms with Crippen molar-refractivity contribution in [3.8, 4) is 0 Å². The van der Waals surface area contributed by atoms with Crippen molar-refractivity contribution in [2.24, 2.45) is 0 Å². The van der Waals surface area contributed by atoms with Gasteiger partial charge in [-0.1, -0.05) is 0 Å². The highest BCUT2D eigenvalue weighted by Gasteiger charge is 2.00. The Morgan fingerprint density at radius 1 is 1.19 bits per heavy atom. The summed E-state index contributed by atoms with van der Waals surface area (Å²) >= 11 is 0. The SMILES string of the molecule is Cc1cnccc1CNc1ccncc1N. The summed E-state index contributed by atoms with van der Waals surface area (Å²) in [5.74, 6) is 0. The van der Waals surface area contributed by atoms with Gasteiger partial charge in [0.2, 0.25) is 0 Å². The zero-order valence-electron chi connectivity index (χ0n) is 9.14. The van der Waals surface area contributed by atoms with Crippen LogP contribution in [0.3, 0.4) is 0 Å².